The van der Waals surface area contributed by atoms with Crippen LogP contribution in [0.3, 0.4) is 0 Å². The van der Waals surface area contributed by atoms with Gasteiger partial charge in [-0.1, -0.05) is 65.2 Å². The minimum absolute atomic E-state index is 0.0531. The summed E-state index contributed by atoms with van der Waals surface area (Å²) in [6.45, 7) is 0. The lowest BCUT2D eigenvalue weighted by molar-refractivity contribution is -0.118. The first-order valence-corrected chi connectivity index (χ1v) is 8.65. The van der Waals surface area contributed by atoms with Crippen LogP contribution in [0.5, 0.6) is 0 Å². The third-order valence-electron chi connectivity index (χ3n) is 4.40. The molecule has 1 unspecified atom stereocenters. The van der Waals surface area contributed by atoms with Crippen molar-refractivity contribution in [3.05, 3.63) is 64.6 Å². The smallest absolute Gasteiger partial charge is 0.232 e. The molecule has 0 spiro atoms. The Morgan fingerprint density at radius 1 is 1.05 bits per heavy atom. The van der Waals surface area contributed by atoms with E-state index in [0.29, 0.717) is 5.92 Å². The Morgan fingerprint density at radius 2 is 1.77 bits per heavy atom. The molecule has 3 rings (SSSR count). The van der Waals surface area contributed by atoms with E-state index in [9.17, 15) is 4.79 Å². The van der Waals surface area contributed by atoms with Crippen LogP contribution < -0.4 is 5.32 Å². The fraction of sp³-hybridized carbons (Fsp3) is 0.316. The maximum absolute atomic E-state index is 12.9. The standard InChI is InChI=1S/C19H20BrNO/c20-16-11-6-12-17(13-16)21-19(22)18(15-9-4-5-10-15)14-7-2-1-3-8-14/h1-3,6-8,11-13,15,18H,4-5,9-10H2,(H,21,22). The van der Waals surface area contributed by atoms with Gasteiger partial charge in [-0.3, -0.25) is 4.79 Å². The van der Waals surface area contributed by atoms with Crippen LogP contribution in [-0.2, 0) is 4.79 Å². The number of carbonyl (C=O) groups is 1. The fourth-order valence-corrected chi connectivity index (χ4v) is 3.77. The molecule has 1 saturated carbocycles. The van der Waals surface area contributed by atoms with E-state index in [1.54, 1.807) is 0 Å². The summed E-state index contributed by atoms with van der Waals surface area (Å²) in [7, 11) is 0. The SMILES string of the molecule is O=C(Nc1cccc(Br)c1)C(c1ccccc1)C1CCCC1. The minimum atomic E-state index is -0.0531. The molecule has 3 heteroatoms. The summed E-state index contributed by atoms with van der Waals surface area (Å²) in [5.74, 6) is 0.508. The third kappa shape index (κ3) is 3.58. The highest BCUT2D eigenvalue weighted by molar-refractivity contribution is 9.10. The molecular weight excluding hydrogens is 338 g/mol. The van der Waals surface area contributed by atoms with Gasteiger partial charge in [-0.2, -0.15) is 0 Å². The molecule has 0 bridgehead atoms. The van der Waals surface area contributed by atoms with Crippen LogP contribution in [0.1, 0.15) is 37.2 Å². The van der Waals surface area contributed by atoms with Crippen LogP contribution in [0.25, 0.3) is 0 Å². The van der Waals surface area contributed by atoms with Gasteiger partial charge in [0.1, 0.15) is 0 Å². The molecule has 1 N–H and O–H groups in total. The lowest BCUT2D eigenvalue weighted by Gasteiger charge is -2.23. The molecule has 2 aromatic rings. The van der Waals surface area contributed by atoms with E-state index in [4.69, 9.17) is 0 Å². The molecule has 1 atom stereocenters. The molecule has 0 saturated heterocycles. The fourth-order valence-electron chi connectivity index (χ4n) is 3.37. The van der Waals surface area contributed by atoms with E-state index in [-0.39, 0.29) is 11.8 Å². The number of benzene rings is 2. The highest BCUT2D eigenvalue weighted by Crippen LogP contribution is 2.38. The first kappa shape index (κ1) is 15.3. The molecule has 2 nitrogen and oxygen atoms in total. The van der Waals surface area contributed by atoms with Crippen molar-refractivity contribution in [2.75, 3.05) is 5.32 Å². The first-order chi connectivity index (χ1) is 10.7. The molecule has 0 heterocycles. The Morgan fingerprint density at radius 3 is 2.45 bits per heavy atom. The zero-order valence-electron chi connectivity index (χ0n) is 12.5. The quantitative estimate of drug-likeness (QED) is 0.783. The Bertz CT molecular complexity index is 635. The number of amides is 1. The Balaban J connectivity index is 1.83. The molecule has 0 aromatic heterocycles. The number of carbonyl (C=O) groups excluding carboxylic acids is 1. The van der Waals surface area contributed by atoms with Gasteiger partial charge in [0.25, 0.3) is 0 Å². The molecule has 2 aromatic carbocycles. The molecule has 22 heavy (non-hydrogen) atoms. The first-order valence-electron chi connectivity index (χ1n) is 7.85. The van der Waals surface area contributed by atoms with E-state index in [0.717, 1.165) is 28.6 Å². The van der Waals surface area contributed by atoms with Crippen molar-refractivity contribution in [2.45, 2.75) is 31.6 Å². The maximum atomic E-state index is 12.9. The van der Waals surface area contributed by atoms with Crippen molar-refractivity contribution in [2.24, 2.45) is 5.92 Å². The summed E-state index contributed by atoms with van der Waals surface area (Å²) < 4.78 is 0.974. The van der Waals surface area contributed by atoms with Crippen molar-refractivity contribution in [3.63, 3.8) is 0 Å². The van der Waals surface area contributed by atoms with Crippen LogP contribution in [-0.4, -0.2) is 5.91 Å². The van der Waals surface area contributed by atoms with Gasteiger partial charge in [0.2, 0.25) is 5.91 Å². The summed E-state index contributed by atoms with van der Waals surface area (Å²) in [5, 5.41) is 3.09. The number of rotatable bonds is 4. The molecular formula is C19H20BrNO. The van der Waals surface area contributed by atoms with E-state index < -0.39 is 0 Å². The van der Waals surface area contributed by atoms with Crippen molar-refractivity contribution in [1.29, 1.82) is 0 Å². The van der Waals surface area contributed by atoms with Crippen molar-refractivity contribution in [3.8, 4) is 0 Å². The van der Waals surface area contributed by atoms with Crippen molar-refractivity contribution >= 4 is 27.5 Å². The van der Waals surface area contributed by atoms with Gasteiger partial charge < -0.3 is 5.32 Å². The number of halogens is 1. The predicted octanol–water partition coefficient (Wildman–Crippen LogP) is 5.36. The largest absolute Gasteiger partial charge is 0.326 e. The lowest BCUT2D eigenvalue weighted by atomic mass is 9.84. The summed E-state index contributed by atoms with van der Waals surface area (Å²) in [6, 6.07) is 17.9. The monoisotopic (exact) mass is 357 g/mol. The van der Waals surface area contributed by atoms with Gasteiger partial charge in [-0.05, 0) is 42.5 Å². The summed E-state index contributed by atoms with van der Waals surface area (Å²) in [4.78, 5) is 12.9. The van der Waals surface area contributed by atoms with Crippen LogP contribution >= 0.6 is 15.9 Å². The van der Waals surface area contributed by atoms with E-state index in [1.165, 1.54) is 12.8 Å². The zero-order valence-corrected chi connectivity index (χ0v) is 14.1. The topological polar surface area (TPSA) is 29.1 Å². The number of anilines is 1. The molecule has 1 fully saturated rings. The normalized spacial score (nSPS) is 16.4. The van der Waals surface area contributed by atoms with Crippen LogP contribution in [0.2, 0.25) is 0 Å². The van der Waals surface area contributed by atoms with Gasteiger partial charge in [0, 0.05) is 10.2 Å². The molecule has 1 amide bonds. The second kappa shape index (κ2) is 7.10. The average Bonchev–Trinajstić information content (AvgIpc) is 3.02. The van der Waals surface area contributed by atoms with Gasteiger partial charge in [-0.15, -0.1) is 0 Å². The Hall–Kier alpha value is -1.61. The van der Waals surface area contributed by atoms with Crippen LogP contribution in [0.15, 0.2) is 59.1 Å². The number of hydrogen-bond acceptors (Lipinski definition) is 1. The van der Waals surface area contributed by atoms with Crippen LogP contribution in [0, 0.1) is 5.92 Å². The molecule has 1 aliphatic rings. The maximum Gasteiger partial charge on any atom is 0.232 e. The Kier molecular flexibility index (Phi) is 4.94. The molecule has 0 radical (unpaired) electrons. The minimum Gasteiger partial charge on any atom is -0.326 e. The number of nitrogens with one attached hydrogen (secondary N) is 1. The summed E-state index contributed by atoms with van der Waals surface area (Å²) in [6.07, 6.45) is 4.76. The third-order valence-corrected chi connectivity index (χ3v) is 4.90. The molecule has 0 aliphatic heterocycles. The van der Waals surface area contributed by atoms with Crippen molar-refractivity contribution < 1.29 is 4.79 Å². The predicted molar refractivity (Wildman–Crippen MR) is 93.9 cm³/mol. The van der Waals surface area contributed by atoms with Gasteiger partial charge >= 0.3 is 0 Å². The Labute approximate surface area is 140 Å². The number of hydrogen-bond donors (Lipinski definition) is 1. The summed E-state index contributed by atoms with van der Waals surface area (Å²) >= 11 is 3.45. The van der Waals surface area contributed by atoms with Gasteiger partial charge in [0.05, 0.1) is 5.92 Å². The molecule has 1 aliphatic carbocycles. The summed E-state index contributed by atoms with van der Waals surface area (Å²) in [5.41, 5.74) is 1.97. The van der Waals surface area contributed by atoms with E-state index >= 15 is 0 Å². The highest BCUT2D eigenvalue weighted by atomic mass is 79.9. The van der Waals surface area contributed by atoms with E-state index in [2.05, 4.69) is 33.4 Å². The second-order valence-corrected chi connectivity index (χ2v) is 6.85. The van der Waals surface area contributed by atoms with Crippen molar-refractivity contribution in [1.82, 2.24) is 0 Å². The molecule has 114 valence electrons. The lowest BCUT2D eigenvalue weighted by Crippen LogP contribution is -2.26. The van der Waals surface area contributed by atoms with Gasteiger partial charge in [0.15, 0.2) is 0 Å². The zero-order chi connectivity index (χ0) is 15.4. The van der Waals surface area contributed by atoms with Gasteiger partial charge in [-0.25, -0.2) is 0 Å². The highest BCUT2D eigenvalue weighted by Gasteiger charge is 2.31. The average molecular weight is 358 g/mol. The van der Waals surface area contributed by atoms with E-state index in [1.807, 2.05) is 42.5 Å². The second-order valence-electron chi connectivity index (χ2n) is 5.93. The van der Waals surface area contributed by atoms with Crippen LogP contribution in [0.4, 0.5) is 5.69 Å².